The molecule has 1 rings (SSSR count). The van der Waals surface area contributed by atoms with E-state index in [1.807, 2.05) is 0 Å². The molecule has 0 radical (unpaired) electrons. The quantitative estimate of drug-likeness (QED) is 0.681. The van der Waals surface area contributed by atoms with Gasteiger partial charge in [0.2, 0.25) is 0 Å². The van der Waals surface area contributed by atoms with Crippen molar-refractivity contribution in [3.05, 3.63) is 22.6 Å². The van der Waals surface area contributed by atoms with Crippen LogP contribution in [0.5, 0.6) is 0 Å². The lowest BCUT2D eigenvalue weighted by Crippen LogP contribution is -1.86. The van der Waals surface area contributed by atoms with Gasteiger partial charge in [0.1, 0.15) is 11.2 Å². The Balaban J connectivity index is 3.32. The first kappa shape index (κ1) is 3.05. The van der Waals surface area contributed by atoms with Crippen molar-refractivity contribution in [3.8, 4) is 0 Å². The predicted octanol–water partition coefficient (Wildman–Crippen LogP) is 1.71. The van der Waals surface area contributed by atoms with Gasteiger partial charge in [0, 0.05) is 0 Å². The second-order valence-electron chi connectivity index (χ2n) is 1.18. The van der Waals surface area contributed by atoms with Crippen molar-refractivity contribution in [1.82, 2.24) is 9.97 Å². The molecule has 0 bridgehead atoms. The smallest absolute Gasteiger partial charge is 0.133 e. The number of halogens is 2. The van der Waals surface area contributed by atoms with Crippen molar-refractivity contribution < 1.29 is 9.87 Å². The van der Waals surface area contributed by atoms with E-state index in [1.54, 1.807) is 0 Å². The zero-order valence-electron chi connectivity index (χ0n) is 8.15. The van der Waals surface area contributed by atoms with E-state index in [-0.39, 0.29) is 4.60 Å². The van der Waals surface area contributed by atoms with Gasteiger partial charge in [-0.25, -0.2) is 9.37 Å². The fourth-order valence-electron chi connectivity index (χ4n) is 0.296. The van der Waals surface area contributed by atoms with E-state index in [4.69, 9.17) is 5.48 Å². The van der Waals surface area contributed by atoms with Crippen LogP contribution in [0.2, 0.25) is 0 Å². The Morgan fingerprint density at radius 1 is 1.78 bits per heavy atom. The summed E-state index contributed by atoms with van der Waals surface area (Å²) in [4.78, 5) is 6.66. The average Bonchev–Trinajstić information content (AvgIpc) is 1.94. The highest BCUT2D eigenvalue weighted by Crippen LogP contribution is 2.02. The van der Waals surface area contributed by atoms with E-state index in [0.717, 1.165) is 0 Å². The third-order valence-corrected chi connectivity index (χ3v) is 0.964. The van der Waals surface area contributed by atoms with E-state index < -0.39 is 24.7 Å². The fraction of sp³-hybridized carbons (Fsp3) is 0.200. The molecule has 0 spiro atoms. The maximum Gasteiger partial charge on any atom is 0.133 e. The van der Waals surface area contributed by atoms with Crippen LogP contribution < -0.4 is 0 Å². The lowest BCUT2D eigenvalue weighted by atomic mass is 10.5. The van der Waals surface area contributed by atoms with Crippen LogP contribution in [0.15, 0.2) is 16.9 Å². The topological polar surface area (TPSA) is 25.8 Å². The molecule has 0 atom stereocenters. The Morgan fingerprint density at radius 3 is 3.22 bits per heavy atom. The summed E-state index contributed by atoms with van der Waals surface area (Å²) >= 11 is 2.82. The minimum absolute atomic E-state index is 0.00880. The average molecular weight is 195 g/mol. The first-order chi connectivity index (χ1) is 5.82. The zero-order chi connectivity index (χ0) is 10.2. The van der Waals surface area contributed by atoms with Crippen LogP contribution in [0.25, 0.3) is 0 Å². The van der Waals surface area contributed by atoms with Gasteiger partial charge in [-0.1, -0.05) is 0 Å². The van der Waals surface area contributed by atoms with E-state index >= 15 is 0 Å². The maximum absolute atomic E-state index is 12.7. The third-order valence-electron chi connectivity index (χ3n) is 0.609. The molecular weight excluding hydrogens is 187 g/mol. The number of hydrogen-bond acceptors (Lipinski definition) is 2. The largest absolute Gasteiger partial charge is 0.254 e. The molecule has 0 amide bonds. The van der Waals surface area contributed by atoms with Crippen molar-refractivity contribution in [2.24, 2.45) is 0 Å². The standard InChI is InChI=1S/C5H4BrFN2/c6-5-3-8-4(1-7)2-9-5/h2-3H,1H2/i1D2,2D,3D. The summed E-state index contributed by atoms with van der Waals surface area (Å²) in [7, 11) is 0. The summed E-state index contributed by atoms with van der Waals surface area (Å²) in [5, 5.41) is 0. The summed E-state index contributed by atoms with van der Waals surface area (Å²) < 4.78 is 40.2. The highest BCUT2D eigenvalue weighted by molar-refractivity contribution is 9.10. The van der Waals surface area contributed by atoms with Crippen molar-refractivity contribution in [2.45, 2.75) is 6.63 Å². The molecular formula is C5H4BrFN2. The predicted molar refractivity (Wildman–Crippen MR) is 34.5 cm³/mol. The van der Waals surface area contributed by atoms with E-state index in [9.17, 15) is 4.39 Å². The fourth-order valence-corrected chi connectivity index (χ4v) is 0.474. The van der Waals surface area contributed by atoms with Crippen LogP contribution >= 0.6 is 15.9 Å². The second-order valence-corrected chi connectivity index (χ2v) is 1.93. The van der Waals surface area contributed by atoms with E-state index in [1.165, 1.54) is 0 Å². The van der Waals surface area contributed by atoms with Gasteiger partial charge in [-0.15, -0.1) is 0 Å². The van der Waals surface area contributed by atoms with Gasteiger partial charge in [-0.05, 0) is 15.9 Å². The van der Waals surface area contributed by atoms with E-state index in [2.05, 4.69) is 25.9 Å². The summed E-state index contributed by atoms with van der Waals surface area (Å²) in [5.74, 6) is 0. The SMILES string of the molecule is [2H]c1nc(C([2H])([2H])F)c([2H])nc1Br. The Bertz CT molecular complexity index is 340. The number of nitrogens with zero attached hydrogens (tertiary/aromatic N) is 2. The zero-order valence-corrected chi connectivity index (χ0v) is 5.74. The minimum Gasteiger partial charge on any atom is -0.254 e. The van der Waals surface area contributed by atoms with Crippen molar-refractivity contribution in [1.29, 1.82) is 0 Å². The highest BCUT2D eigenvalue weighted by Gasteiger charge is 1.91. The van der Waals surface area contributed by atoms with Gasteiger partial charge in [0.05, 0.1) is 23.5 Å². The molecule has 0 fully saturated rings. The molecule has 0 aliphatic carbocycles. The van der Waals surface area contributed by atoms with Gasteiger partial charge >= 0.3 is 0 Å². The Kier molecular flexibility index (Phi) is 0.973. The molecule has 2 nitrogen and oxygen atoms in total. The van der Waals surface area contributed by atoms with Gasteiger partial charge in [-0.3, -0.25) is 4.98 Å². The molecule has 1 heterocycles. The van der Waals surface area contributed by atoms with Gasteiger partial charge in [0.15, 0.2) is 0 Å². The lowest BCUT2D eigenvalue weighted by Gasteiger charge is -1.89. The molecule has 9 heavy (non-hydrogen) atoms. The van der Waals surface area contributed by atoms with E-state index in [0.29, 0.717) is 0 Å². The highest BCUT2D eigenvalue weighted by atomic mass is 79.9. The summed E-state index contributed by atoms with van der Waals surface area (Å²) in [5.41, 5.74) is -0.777. The van der Waals surface area contributed by atoms with Crippen LogP contribution in [0, 0.1) is 0 Å². The minimum atomic E-state index is -3.24. The first-order valence-corrected chi connectivity index (χ1v) is 2.82. The summed E-state index contributed by atoms with van der Waals surface area (Å²) in [6, 6.07) is 0. The third kappa shape index (κ3) is 1.71. The van der Waals surface area contributed by atoms with Gasteiger partial charge in [0.25, 0.3) is 0 Å². The summed E-state index contributed by atoms with van der Waals surface area (Å²) in [6.45, 7) is -3.24. The van der Waals surface area contributed by atoms with Crippen LogP contribution in [0.3, 0.4) is 0 Å². The molecule has 0 aliphatic rings. The number of aromatic nitrogens is 2. The molecule has 0 N–H and O–H groups in total. The van der Waals surface area contributed by atoms with Gasteiger partial charge in [-0.2, -0.15) is 0 Å². The monoisotopic (exact) mass is 194 g/mol. The molecule has 0 unspecified atom stereocenters. The second kappa shape index (κ2) is 2.87. The molecule has 48 valence electrons. The van der Waals surface area contributed by atoms with Crippen molar-refractivity contribution >= 4 is 15.9 Å². The Morgan fingerprint density at radius 2 is 2.56 bits per heavy atom. The van der Waals surface area contributed by atoms with Crippen LogP contribution in [0.4, 0.5) is 4.39 Å². The number of hydrogen-bond donors (Lipinski definition) is 0. The Hall–Kier alpha value is -0.510. The van der Waals surface area contributed by atoms with Crippen molar-refractivity contribution in [2.75, 3.05) is 0 Å². The lowest BCUT2D eigenvalue weighted by molar-refractivity contribution is 0.474. The first-order valence-electron chi connectivity index (χ1n) is 4.02. The normalized spacial score (nSPS) is 17.6. The Labute approximate surface area is 65.9 Å². The number of rotatable bonds is 1. The molecule has 1 aromatic rings. The van der Waals surface area contributed by atoms with Crippen LogP contribution in [0.1, 0.15) is 11.2 Å². The molecule has 0 saturated heterocycles. The van der Waals surface area contributed by atoms with Crippen LogP contribution in [-0.4, -0.2) is 9.97 Å². The number of alkyl halides is 1. The molecule has 4 heteroatoms. The van der Waals surface area contributed by atoms with Crippen LogP contribution in [-0.2, 0) is 6.63 Å². The maximum atomic E-state index is 12.7. The molecule has 0 saturated carbocycles. The summed E-state index contributed by atoms with van der Waals surface area (Å²) in [6.07, 6.45) is -1.01. The molecule has 1 aromatic heterocycles. The van der Waals surface area contributed by atoms with Gasteiger partial charge < -0.3 is 0 Å². The molecule has 0 aromatic carbocycles. The van der Waals surface area contributed by atoms with Crippen molar-refractivity contribution in [3.63, 3.8) is 0 Å². The molecule has 0 aliphatic heterocycles.